The molecule has 2 rings (SSSR count). The highest BCUT2D eigenvalue weighted by Gasteiger charge is 2.21. The summed E-state index contributed by atoms with van der Waals surface area (Å²) in [4.78, 5) is 16.7. The molecule has 2 heterocycles. The summed E-state index contributed by atoms with van der Waals surface area (Å²) in [6, 6.07) is 2.03. The van der Waals surface area contributed by atoms with Gasteiger partial charge in [-0.2, -0.15) is 0 Å². The maximum atomic E-state index is 11.7. The summed E-state index contributed by atoms with van der Waals surface area (Å²) in [5.41, 5.74) is 2.45. The zero-order chi connectivity index (χ0) is 11.4. The summed E-state index contributed by atoms with van der Waals surface area (Å²) in [7, 11) is 0. The van der Waals surface area contributed by atoms with E-state index in [0.717, 1.165) is 25.8 Å². The Balaban J connectivity index is 1.86. The van der Waals surface area contributed by atoms with Gasteiger partial charge in [0.1, 0.15) is 0 Å². The van der Waals surface area contributed by atoms with E-state index in [2.05, 4.69) is 11.9 Å². The standard InChI is InChI=1S/C12H18N2O2/c1-2-3-8-16-12(15)14-7-5-11-10(9-14)4-6-13-11/h4,6,13H,2-3,5,7-9H2,1H3. The Labute approximate surface area is 95.6 Å². The largest absolute Gasteiger partial charge is 0.449 e. The van der Waals surface area contributed by atoms with Gasteiger partial charge in [0.15, 0.2) is 0 Å². The van der Waals surface area contributed by atoms with Gasteiger partial charge in [0.05, 0.1) is 13.2 Å². The first kappa shape index (κ1) is 11.0. The molecule has 1 aromatic rings. The number of amides is 1. The van der Waals surface area contributed by atoms with Crippen LogP contribution in [0, 0.1) is 0 Å². The lowest BCUT2D eigenvalue weighted by Crippen LogP contribution is -2.36. The second kappa shape index (κ2) is 5.05. The molecule has 16 heavy (non-hydrogen) atoms. The van der Waals surface area contributed by atoms with E-state index < -0.39 is 0 Å². The van der Waals surface area contributed by atoms with Crippen molar-refractivity contribution in [3.05, 3.63) is 23.5 Å². The fraction of sp³-hybridized carbons (Fsp3) is 0.583. The van der Waals surface area contributed by atoms with Crippen molar-refractivity contribution >= 4 is 6.09 Å². The summed E-state index contributed by atoms with van der Waals surface area (Å²) in [5, 5.41) is 0. The van der Waals surface area contributed by atoms with E-state index >= 15 is 0 Å². The average molecular weight is 222 g/mol. The number of hydrogen-bond acceptors (Lipinski definition) is 2. The summed E-state index contributed by atoms with van der Waals surface area (Å²) < 4.78 is 5.19. The van der Waals surface area contributed by atoms with Crippen LogP contribution in [-0.2, 0) is 17.7 Å². The molecule has 88 valence electrons. The normalized spacial score (nSPS) is 14.7. The number of nitrogens with one attached hydrogen (secondary N) is 1. The minimum absolute atomic E-state index is 0.180. The number of ether oxygens (including phenoxy) is 1. The summed E-state index contributed by atoms with van der Waals surface area (Å²) >= 11 is 0. The molecule has 1 aliphatic rings. The molecule has 1 aliphatic heterocycles. The van der Waals surface area contributed by atoms with Crippen molar-refractivity contribution in [1.82, 2.24) is 9.88 Å². The molecular weight excluding hydrogens is 204 g/mol. The van der Waals surface area contributed by atoms with Crippen LogP contribution in [0.3, 0.4) is 0 Å². The molecule has 0 bridgehead atoms. The molecule has 0 saturated carbocycles. The molecule has 0 aromatic carbocycles. The van der Waals surface area contributed by atoms with Crippen LogP contribution >= 0.6 is 0 Å². The third kappa shape index (κ3) is 2.38. The molecule has 0 spiro atoms. The highest BCUT2D eigenvalue weighted by atomic mass is 16.6. The summed E-state index contributed by atoms with van der Waals surface area (Å²) in [6.07, 6.45) is 4.63. The Morgan fingerprint density at radius 3 is 3.31 bits per heavy atom. The van der Waals surface area contributed by atoms with Gasteiger partial charge in [0.2, 0.25) is 0 Å². The van der Waals surface area contributed by atoms with E-state index in [1.54, 1.807) is 4.90 Å². The van der Waals surface area contributed by atoms with E-state index in [1.807, 2.05) is 12.3 Å². The highest BCUT2D eigenvalue weighted by Crippen LogP contribution is 2.17. The fourth-order valence-electron chi connectivity index (χ4n) is 1.90. The molecule has 4 heteroatoms. The van der Waals surface area contributed by atoms with Crippen molar-refractivity contribution in [3.63, 3.8) is 0 Å². The lowest BCUT2D eigenvalue weighted by molar-refractivity contribution is 0.0965. The maximum absolute atomic E-state index is 11.7. The first-order chi connectivity index (χ1) is 7.81. The van der Waals surface area contributed by atoms with E-state index in [0.29, 0.717) is 13.2 Å². The van der Waals surface area contributed by atoms with E-state index in [1.165, 1.54) is 11.3 Å². The Kier molecular flexibility index (Phi) is 3.49. The topological polar surface area (TPSA) is 45.3 Å². The summed E-state index contributed by atoms with van der Waals surface area (Å²) in [6.45, 7) is 4.04. The quantitative estimate of drug-likeness (QED) is 0.798. The number of rotatable bonds is 3. The van der Waals surface area contributed by atoms with Crippen LogP contribution in [0.4, 0.5) is 4.79 Å². The number of fused-ring (bicyclic) bond motifs is 1. The van der Waals surface area contributed by atoms with Crippen molar-refractivity contribution < 1.29 is 9.53 Å². The highest BCUT2D eigenvalue weighted by molar-refractivity contribution is 5.68. The van der Waals surface area contributed by atoms with Gasteiger partial charge in [-0.15, -0.1) is 0 Å². The zero-order valence-corrected chi connectivity index (χ0v) is 9.66. The lowest BCUT2D eigenvalue weighted by atomic mass is 10.1. The number of hydrogen-bond donors (Lipinski definition) is 1. The molecule has 0 radical (unpaired) electrons. The van der Waals surface area contributed by atoms with Crippen LogP contribution < -0.4 is 0 Å². The van der Waals surface area contributed by atoms with E-state index in [-0.39, 0.29) is 6.09 Å². The SMILES string of the molecule is CCCCOC(=O)N1CCc2[nH]ccc2C1. The number of nitrogens with zero attached hydrogens (tertiary/aromatic N) is 1. The van der Waals surface area contributed by atoms with Crippen molar-refractivity contribution in [2.24, 2.45) is 0 Å². The molecule has 1 aromatic heterocycles. The Morgan fingerprint density at radius 2 is 2.50 bits per heavy atom. The second-order valence-corrected chi connectivity index (χ2v) is 4.12. The van der Waals surface area contributed by atoms with Crippen LogP contribution in [0.1, 0.15) is 31.0 Å². The molecule has 0 aliphatic carbocycles. The number of carbonyl (C=O) groups is 1. The van der Waals surface area contributed by atoms with Gasteiger partial charge in [-0.25, -0.2) is 4.79 Å². The molecular formula is C12H18N2O2. The first-order valence-corrected chi connectivity index (χ1v) is 5.88. The lowest BCUT2D eigenvalue weighted by Gasteiger charge is -2.26. The van der Waals surface area contributed by atoms with Gasteiger partial charge >= 0.3 is 6.09 Å². The number of unbranched alkanes of at least 4 members (excludes halogenated alkanes) is 1. The molecule has 1 N–H and O–H groups in total. The van der Waals surface area contributed by atoms with Gasteiger partial charge in [-0.1, -0.05) is 13.3 Å². The van der Waals surface area contributed by atoms with Crippen LogP contribution in [0.5, 0.6) is 0 Å². The third-order valence-corrected chi connectivity index (χ3v) is 2.90. The molecule has 0 unspecified atom stereocenters. The number of H-pyrrole nitrogens is 1. The monoisotopic (exact) mass is 222 g/mol. The fourth-order valence-corrected chi connectivity index (χ4v) is 1.90. The van der Waals surface area contributed by atoms with Gasteiger partial charge in [0, 0.05) is 24.9 Å². The van der Waals surface area contributed by atoms with Gasteiger partial charge in [0.25, 0.3) is 0 Å². The summed E-state index contributed by atoms with van der Waals surface area (Å²) in [5.74, 6) is 0. The smallest absolute Gasteiger partial charge is 0.410 e. The Hall–Kier alpha value is -1.45. The Morgan fingerprint density at radius 1 is 1.62 bits per heavy atom. The number of aromatic nitrogens is 1. The molecule has 0 atom stereocenters. The molecule has 0 saturated heterocycles. The molecule has 1 amide bonds. The van der Waals surface area contributed by atoms with Crippen molar-refractivity contribution in [2.45, 2.75) is 32.7 Å². The maximum Gasteiger partial charge on any atom is 0.410 e. The Bertz CT molecular complexity index is 360. The van der Waals surface area contributed by atoms with Crippen LogP contribution in [0.2, 0.25) is 0 Å². The predicted octanol–water partition coefficient (Wildman–Crippen LogP) is 2.31. The van der Waals surface area contributed by atoms with Crippen LogP contribution in [0.25, 0.3) is 0 Å². The molecule has 0 fully saturated rings. The minimum Gasteiger partial charge on any atom is -0.449 e. The molecule has 4 nitrogen and oxygen atoms in total. The van der Waals surface area contributed by atoms with Crippen molar-refractivity contribution in [2.75, 3.05) is 13.2 Å². The number of carbonyl (C=O) groups excluding carboxylic acids is 1. The zero-order valence-electron chi connectivity index (χ0n) is 9.66. The number of aromatic amines is 1. The van der Waals surface area contributed by atoms with Gasteiger partial charge in [-0.05, 0) is 18.1 Å². The minimum atomic E-state index is -0.180. The average Bonchev–Trinajstić information content (AvgIpc) is 2.76. The van der Waals surface area contributed by atoms with Crippen molar-refractivity contribution in [3.8, 4) is 0 Å². The van der Waals surface area contributed by atoms with Crippen LogP contribution in [-0.4, -0.2) is 29.1 Å². The van der Waals surface area contributed by atoms with Gasteiger partial charge in [-0.3, -0.25) is 0 Å². The third-order valence-electron chi connectivity index (χ3n) is 2.90. The van der Waals surface area contributed by atoms with Crippen molar-refractivity contribution in [1.29, 1.82) is 0 Å². The van der Waals surface area contributed by atoms with Crippen LogP contribution in [0.15, 0.2) is 12.3 Å². The second-order valence-electron chi connectivity index (χ2n) is 4.12. The van der Waals surface area contributed by atoms with E-state index in [9.17, 15) is 4.79 Å². The predicted molar refractivity (Wildman–Crippen MR) is 61.2 cm³/mol. The van der Waals surface area contributed by atoms with E-state index in [4.69, 9.17) is 4.74 Å². The van der Waals surface area contributed by atoms with Gasteiger partial charge < -0.3 is 14.6 Å². The first-order valence-electron chi connectivity index (χ1n) is 5.88.